The predicted molar refractivity (Wildman–Crippen MR) is 134 cm³/mol. The summed E-state index contributed by atoms with van der Waals surface area (Å²) in [6, 6.07) is 20.4. The SMILES string of the molecule is Cc1ccc(NC(=O)c2ccc(C(C)(C)C#N)cc2)cc1Nc1ccc2ncn(C)c(=O)c2c1. The quantitative estimate of drug-likeness (QED) is 0.443. The molecular formula is C27H25N5O2. The van der Waals surface area contributed by atoms with Crippen LogP contribution in [-0.4, -0.2) is 15.5 Å². The number of hydrogen-bond donors (Lipinski definition) is 2. The highest BCUT2D eigenvalue weighted by atomic mass is 16.1. The van der Waals surface area contributed by atoms with Crippen LogP contribution in [0.5, 0.6) is 0 Å². The molecule has 1 aromatic heterocycles. The molecule has 170 valence electrons. The first-order chi connectivity index (χ1) is 16.2. The van der Waals surface area contributed by atoms with E-state index in [0.29, 0.717) is 22.2 Å². The van der Waals surface area contributed by atoms with Gasteiger partial charge in [0, 0.05) is 29.7 Å². The first-order valence-corrected chi connectivity index (χ1v) is 10.8. The molecule has 1 amide bonds. The van der Waals surface area contributed by atoms with Crippen LogP contribution in [0.4, 0.5) is 17.1 Å². The van der Waals surface area contributed by atoms with Crippen molar-refractivity contribution in [2.75, 3.05) is 10.6 Å². The van der Waals surface area contributed by atoms with E-state index in [1.807, 2.05) is 45.0 Å². The zero-order valence-corrected chi connectivity index (χ0v) is 19.5. The van der Waals surface area contributed by atoms with Crippen LogP contribution in [0.3, 0.4) is 0 Å². The molecule has 0 aliphatic heterocycles. The Hall–Kier alpha value is -4.44. The van der Waals surface area contributed by atoms with E-state index in [1.165, 1.54) is 10.9 Å². The molecule has 0 bridgehead atoms. The molecule has 0 aliphatic carbocycles. The third-order valence-electron chi connectivity index (χ3n) is 5.84. The van der Waals surface area contributed by atoms with E-state index in [-0.39, 0.29) is 11.5 Å². The number of aryl methyl sites for hydroxylation is 2. The number of benzene rings is 3. The van der Waals surface area contributed by atoms with Gasteiger partial charge in [0.25, 0.3) is 11.5 Å². The number of rotatable bonds is 5. The fourth-order valence-electron chi connectivity index (χ4n) is 3.58. The average molecular weight is 452 g/mol. The Morgan fingerprint density at radius 2 is 1.74 bits per heavy atom. The summed E-state index contributed by atoms with van der Waals surface area (Å²) < 4.78 is 1.45. The molecule has 0 atom stereocenters. The molecule has 34 heavy (non-hydrogen) atoms. The number of nitrogens with one attached hydrogen (secondary N) is 2. The van der Waals surface area contributed by atoms with Gasteiger partial charge in [-0.1, -0.05) is 18.2 Å². The van der Waals surface area contributed by atoms with Crippen molar-refractivity contribution in [3.05, 3.63) is 94.0 Å². The lowest BCUT2D eigenvalue weighted by Gasteiger charge is -2.16. The van der Waals surface area contributed by atoms with Gasteiger partial charge in [-0.15, -0.1) is 0 Å². The van der Waals surface area contributed by atoms with Crippen LogP contribution >= 0.6 is 0 Å². The number of nitriles is 1. The molecule has 0 spiro atoms. The van der Waals surface area contributed by atoms with E-state index in [1.54, 1.807) is 43.4 Å². The zero-order valence-electron chi connectivity index (χ0n) is 19.5. The molecule has 4 aromatic rings. The minimum atomic E-state index is -0.615. The standard InChI is InChI=1S/C27H25N5O2/c1-17-5-10-21(31-25(33)18-6-8-19(9-7-18)27(2,3)15-28)14-24(17)30-20-11-12-23-22(13-20)26(34)32(4)16-29-23/h5-14,16,30H,1-4H3,(H,31,33). The van der Waals surface area contributed by atoms with Crippen molar-refractivity contribution in [2.45, 2.75) is 26.2 Å². The van der Waals surface area contributed by atoms with Crippen molar-refractivity contribution in [1.29, 1.82) is 5.26 Å². The minimum Gasteiger partial charge on any atom is -0.355 e. The normalized spacial score (nSPS) is 11.1. The van der Waals surface area contributed by atoms with Crippen molar-refractivity contribution in [2.24, 2.45) is 7.05 Å². The summed E-state index contributed by atoms with van der Waals surface area (Å²) in [5, 5.41) is 16.1. The van der Waals surface area contributed by atoms with E-state index in [9.17, 15) is 14.9 Å². The lowest BCUT2D eigenvalue weighted by Crippen LogP contribution is -2.16. The van der Waals surface area contributed by atoms with E-state index >= 15 is 0 Å². The van der Waals surface area contributed by atoms with Gasteiger partial charge < -0.3 is 15.2 Å². The largest absolute Gasteiger partial charge is 0.355 e. The van der Waals surface area contributed by atoms with Gasteiger partial charge in [0.05, 0.1) is 28.7 Å². The number of amides is 1. The molecule has 0 saturated carbocycles. The fraction of sp³-hybridized carbons (Fsp3) is 0.185. The molecule has 0 fully saturated rings. The first-order valence-electron chi connectivity index (χ1n) is 10.8. The molecule has 4 rings (SSSR count). The minimum absolute atomic E-state index is 0.115. The number of nitrogens with zero attached hydrogens (tertiary/aromatic N) is 3. The van der Waals surface area contributed by atoms with Gasteiger partial charge in [-0.2, -0.15) is 5.26 Å². The highest BCUT2D eigenvalue weighted by Crippen LogP contribution is 2.26. The van der Waals surface area contributed by atoms with Crippen LogP contribution in [0.15, 0.2) is 71.8 Å². The van der Waals surface area contributed by atoms with Gasteiger partial charge in [-0.25, -0.2) is 4.98 Å². The summed E-state index contributed by atoms with van der Waals surface area (Å²) in [5.41, 5.74) is 4.45. The summed E-state index contributed by atoms with van der Waals surface area (Å²) in [6.07, 6.45) is 1.51. The number of carbonyl (C=O) groups is 1. The van der Waals surface area contributed by atoms with Crippen LogP contribution in [0.1, 0.15) is 35.3 Å². The van der Waals surface area contributed by atoms with E-state index < -0.39 is 5.41 Å². The molecule has 2 N–H and O–H groups in total. The predicted octanol–water partition coefficient (Wildman–Crippen LogP) is 5.04. The van der Waals surface area contributed by atoms with Crippen LogP contribution in [0, 0.1) is 18.3 Å². The van der Waals surface area contributed by atoms with Crippen LogP contribution in [0.25, 0.3) is 10.9 Å². The summed E-state index contributed by atoms with van der Waals surface area (Å²) >= 11 is 0. The maximum Gasteiger partial charge on any atom is 0.260 e. The number of aromatic nitrogens is 2. The summed E-state index contributed by atoms with van der Waals surface area (Å²) in [7, 11) is 1.67. The molecular weight excluding hydrogens is 426 g/mol. The van der Waals surface area contributed by atoms with E-state index in [0.717, 1.165) is 22.5 Å². The molecule has 0 saturated heterocycles. The van der Waals surface area contributed by atoms with Crippen LogP contribution in [-0.2, 0) is 12.5 Å². The molecule has 3 aromatic carbocycles. The Morgan fingerprint density at radius 1 is 1.03 bits per heavy atom. The summed E-state index contributed by atoms with van der Waals surface area (Å²) in [5.74, 6) is -0.239. The number of fused-ring (bicyclic) bond motifs is 1. The van der Waals surface area contributed by atoms with Crippen molar-refractivity contribution >= 4 is 33.9 Å². The van der Waals surface area contributed by atoms with Crippen LogP contribution in [0.2, 0.25) is 0 Å². The Labute approximate surface area is 197 Å². The van der Waals surface area contributed by atoms with Crippen molar-refractivity contribution < 1.29 is 4.79 Å². The Bertz CT molecular complexity index is 1490. The lowest BCUT2D eigenvalue weighted by molar-refractivity contribution is 0.102. The van der Waals surface area contributed by atoms with Crippen LogP contribution < -0.4 is 16.2 Å². The third kappa shape index (κ3) is 4.52. The Morgan fingerprint density at radius 3 is 2.44 bits per heavy atom. The maximum atomic E-state index is 12.8. The van der Waals surface area contributed by atoms with Gasteiger partial charge in [-0.05, 0) is 74.4 Å². The number of carbonyl (C=O) groups excluding carboxylic acids is 1. The van der Waals surface area contributed by atoms with Gasteiger partial charge in [0.1, 0.15) is 0 Å². The highest BCUT2D eigenvalue weighted by Gasteiger charge is 2.20. The summed E-state index contributed by atoms with van der Waals surface area (Å²) in [4.78, 5) is 29.5. The lowest BCUT2D eigenvalue weighted by atomic mass is 9.86. The highest BCUT2D eigenvalue weighted by molar-refractivity contribution is 6.04. The zero-order chi connectivity index (χ0) is 24.5. The maximum absolute atomic E-state index is 12.8. The molecule has 0 radical (unpaired) electrons. The second-order valence-corrected chi connectivity index (χ2v) is 8.82. The smallest absolute Gasteiger partial charge is 0.260 e. The monoisotopic (exact) mass is 451 g/mol. The Kier molecular flexibility index (Phi) is 5.91. The molecule has 7 nitrogen and oxygen atoms in total. The van der Waals surface area contributed by atoms with Crippen molar-refractivity contribution in [3.63, 3.8) is 0 Å². The van der Waals surface area contributed by atoms with Gasteiger partial charge in [0.2, 0.25) is 0 Å². The van der Waals surface area contributed by atoms with E-state index in [2.05, 4.69) is 21.7 Å². The average Bonchev–Trinajstić information content (AvgIpc) is 2.84. The van der Waals surface area contributed by atoms with Gasteiger partial charge >= 0.3 is 0 Å². The summed E-state index contributed by atoms with van der Waals surface area (Å²) in [6.45, 7) is 5.64. The molecule has 0 unspecified atom stereocenters. The first kappa shape index (κ1) is 22.7. The van der Waals surface area contributed by atoms with Gasteiger partial charge in [-0.3, -0.25) is 9.59 Å². The second-order valence-electron chi connectivity index (χ2n) is 8.82. The Balaban J connectivity index is 1.55. The fourth-order valence-corrected chi connectivity index (χ4v) is 3.58. The topological polar surface area (TPSA) is 99.8 Å². The molecule has 7 heteroatoms. The third-order valence-corrected chi connectivity index (χ3v) is 5.84. The number of anilines is 3. The number of hydrogen-bond acceptors (Lipinski definition) is 5. The molecule has 0 aliphatic rings. The second kappa shape index (κ2) is 8.83. The van der Waals surface area contributed by atoms with E-state index in [4.69, 9.17) is 0 Å². The van der Waals surface area contributed by atoms with Gasteiger partial charge in [0.15, 0.2) is 0 Å². The van der Waals surface area contributed by atoms with Crippen molar-refractivity contribution in [3.8, 4) is 6.07 Å². The molecule has 1 heterocycles. The van der Waals surface area contributed by atoms with Crippen molar-refractivity contribution in [1.82, 2.24) is 9.55 Å².